The van der Waals surface area contributed by atoms with Gasteiger partial charge in [-0.2, -0.15) is 0 Å². The van der Waals surface area contributed by atoms with Crippen LogP contribution < -0.4 is 5.73 Å². The summed E-state index contributed by atoms with van der Waals surface area (Å²) in [5.41, 5.74) is 8.61. The Hall–Kier alpha value is -1.02. The van der Waals surface area contributed by atoms with Crippen LogP contribution in [0, 0.1) is 5.92 Å². The predicted octanol–water partition coefficient (Wildman–Crippen LogP) is 4.20. The molecular weight excluding hydrogens is 256 g/mol. The summed E-state index contributed by atoms with van der Waals surface area (Å²) in [6.45, 7) is 3.56. The molecular formula is C19H30N2. The number of nitrogen functional groups attached to an aromatic ring is 1. The van der Waals surface area contributed by atoms with E-state index in [1.54, 1.807) is 0 Å². The van der Waals surface area contributed by atoms with Crippen molar-refractivity contribution in [2.24, 2.45) is 5.92 Å². The molecule has 21 heavy (non-hydrogen) atoms. The molecule has 3 rings (SSSR count). The normalized spacial score (nSPS) is 27.8. The number of anilines is 1. The van der Waals surface area contributed by atoms with Crippen molar-refractivity contribution in [3.63, 3.8) is 0 Å². The van der Waals surface area contributed by atoms with Crippen LogP contribution in [-0.2, 0) is 5.41 Å². The summed E-state index contributed by atoms with van der Waals surface area (Å²) < 4.78 is 0. The maximum atomic E-state index is 5.82. The average Bonchev–Trinajstić information content (AvgIpc) is 3.28. The van der Waals surface area contributed by atoms with Crippen LogP contribution in [0.25, 0.3) is 0 Å². The maximum Gasteiger partial charge on any atom is 0.0314 e. The van der Waals surface area contributed by atoms with E-state index in [0.717, 1.165) is 17.6 Å². The van der Waals surface area contributed by atoms with Gasteiger partial charge in [-0.3, -0.25) is 0 Å². The third kappa shape index (κ3) is 3.26. The minimum atomic E-state index is 0.421. The molecule has 0 aliphatic heterocycles. The fourth-order valence-electron chi connectivity index (χ4n) is 4.13. The Morgan fingerprint density at radius 1 is 1.10 bits per heavy atom. The molecule has 2 saturated carbocycles. The topological polar surface area (TPSA) is 29.3 Å². The standard InChI is InChI=1S/C19H30N2/c1-3-15-4-10-18(11-5-15)21(2)14-19(12-13-19)16-6-8-17(20)9-7-16/h6-9,15,18H,3-5,10-14,20H2,1-2H3. The summed E-state index contributed by atoms with van der Waals surface area (Å²) >= 11 is 0. The van der Waals surface area contributed by atoms with Gasteiger partial charge < -0.3 is 10.6 Å². The van der Waals surface area contributed by atoms with Gasteiger partial charge in [-0.05, 0) is 69.2 Å². The molecule has 0 spiro atoms. The molecule has 0 atom stereocenters. The molecule has 0 aromatic heterocycles. The lowest BCUT2D eigenvalue weighted by atomic mass is 9.83. The molecule has 0 bridgehead atoms. The SMILES string of the molecule is CCC1CCC(N(C)CC2(c3ccc(N)cc3)CC2)CC1. The first kappa shape index (κ1) is 14.9. The smallest absolute Gasteiger partial charge is 0.0314 e. The lowest BCUT2D eigenvalue weighted by Crippen LogP contribution is -2.39. The highest BCUT2D eigenvalue weighted by Gasteiger charge is 2.45. The van der Waals surface area contributed by atoms with Gasteiger partial charge in [0.25, 0.3) is 0 Å². The van der Waals surface area contributed by atoms with Gasteiger partial charge in [-0.15, -0.1) is 0 Å². The van der Waals surface area contributed by atoms with Crippen LogP contribution in [0.3, 0.4) is 0 Å². The van der Waals surface area contributed by atoms with Gasteiger partial charge in [0.1, 0.15) is 0 Å². The second-order valence-corrected chi connectivity index (χ2v) is 7.40. The summed E-state index contributed by atoms with van der Waals surface area (Å²) in [6.07, 6.45) is 9.70. The van der Waals surface area contributed by atoms with Crippen LogP contribution >= 0.6 is 0 Å². The Balaban J connectivity index is 1.59. The van der Waals surface area contributed by atoms with E-state index in [-0.39, 0.29) is 0 Å². The van der Waals surface area contributed by atoms with E-state index in [2.05, 4.69) is 43.1 Å². The largest absolute Gasteiger partial charge is 0.399 e. The Kier molecular flexibility index (Phi) is 4.26. The summed E-state index contributed by atoms with van der Waals surface area (Å²) in [4.78, 5) is 2.65. The second-order valence-electron chi connectivity index (χ2n) is 7.40. The van der Waals surface area contributed by atoms with Gasteiger partial charge in [-0.1, -0.05) is 25.5 Å². The number of rotatable bonds is 5. The molecule has 0 saturated heterocycles. The number of hydrogen-bond acceptors (Lipinski definition) is 2. The molecule has 2 N–H and O–H groups in total. The lowest BCUT2D eigenvalue weighted by Gasteiger charge is -2.36. The van der Waals surface area contributed by atoms with Gasteiger partial charge in [0, 0.05) is 23.7 Å². The average molecular weight is 286 g/mol. The Morgan fingerprint density at radius 2 is 1.71 bits per heavy atom. The van der Waals surface area contributed by atoms with Gasteiger partial charge >= 0.3 is 0 Å². The molecule has 1 aromatic carbocycles. The van der Waals surface area contributed by atoms with E-state index in [0.29, 0.717) is 5.41 Å². The van der Waals surface area contributed by atoms with Crippen LogP contribution in [0.2, 0.25) is 0 Å². The van der Waals surface area contributed by atoms with Crippen molar-refractivity contribution in [3.8, 4) is 0 Å². The molecule has 0 heterocycles. The van der Waals surface area contributed by atoms with Crippen molar-refractivity contribution in [3.05, 3.63) is 29.8 Å². The van der Waals surface area contributed by atoms with Crippen LogP contribution in [0.5, 0.6) is 0 Å². The molecule has 1 aromatic rings. The number of benzene rings is 1. The van der Waals surface area contributed by atoms with Crippen LogP contribution in [0.15, 0.2) is 24.3 Å². The van der Waals surface area contributed by atoms with E-state index < -0.39 is 0 Å². The monoisotopic (exact) mass is 286 g/mol. The first-order valence-electron chi connectivity index (χ1n) is 8.69. The van der Waals surface area contributed by atoms with Gasteiger partial charge in [0.05, 0.1) is 0 Å². The minimum absolute atomic E-state index is 0.421. The molecule has 0 amide bonds. The van der Waals surface area contributed by atoms with Gasteiger partial charge in [0.2, 0.25) is 0 Å². The molecule has 0 unspecified atom stereocenters. The van der Waals surface area contributed by atoms with Crippen molar-refractivity contribution in [1.82, 2.24) is 4.90 Å². The maximum absolute atomic E-state index is 5.82. The van der Waals surface area contributed by atoms with Crippen molar-refractivity contribution in [2.45, 2.75) is 63.3 Å². The quantitative estimate of drug-likeness (QED) is 0.822. The van der Waals surface area contributed by atoms with Crippen LogP contribution in [0.1, 0.15) is 57.4 Å². The van der Waals surface area contributed by atoms with Crippen molar-refractivity contribution < 1.29 is 0 Å². The van der Waals surface area contributed by atoms with E-state index in [1.165, 1.54) is 57.1 Å². The molecule has 0 radical (unpaired) electrons. The molecule has 2 nitrogen and oxygen atoms in total. The van der Waals surface area contributed by atoms with Crippen LogP contribution in [0.4, 0.5) is 5.69 Å². The molecule has 2 aliphatic rings. The number of nitrogens with two attached hydrogens (primary N) is 1. The second kappa shape index (κ2) is 6.00. The fourth-order valence-corrected chi connectivity index (χ4v) is 4.13. The number of likely N-dealkylation sites (N-methyl/N-ethyl adjacent to an activating group) is 1. The molecule has 2 fully saturated rings. The van der Waals surface area contributed by atoms with Crippen molar-refractivity contribution >= 4 is 5.69 Å². The highest BCUT2D eigenvalue weighted by atomic mass is 15.1. The molecule has 116 valence electrons. The zero-order chi connectivity index (χ0) is 14.9. The third-order valence-electron chi connectivity index (χ3n) is 5.95. The van der Waals surface area contributed by atoms with Gasteiger partial charge in [-0.25, -0.2) is 0 Å². The predicted molar refractivity (Wildman–Crippen MR) is 90.4 cm³/mol. The summed E-state index contributed by atoms with van der Waals surface area (Å²) in [5.74, 6) is 0.988. The highest BCUT2D eigenvalue weighted by Crippen LogP contribution is 2.49. The number of hydrogen-bond donors (Lipinski definition) is 1. The minimum Gasteiger partial charge on any atom is -0.399 e. The first-order chi connectivity index (χ1) is 10.1. The van der Waals surface area contributed by atoms with E-state index >= 15 is 0 Å². The van der Waals surface area contributed by atoms with E-state index in [1.807, 2.05) is 0 Å². The zero-order valence-corrected chi connectivity index (χ0v) is 13.6. The Morgan fingerprint density at radius 3 is 2.24 bits per heavy atom. The number of nitrogens with zero attached hydrogens (tertiary/aromatic N) is 1. The van der Waals surface area contributed by atoms with Crippen molar-refractivity contribution in [2.75, 3.05) is 19.3 Å². The summed E-state index contributed by atoms with van der Waals surface area (Å²) in [5, 5.41) is 0. The van der Waals surface area contributed by atoms with Crippen molar-refractivity contribution in [1.29, 1.82) is 0 Å². The lowest BCUT2D eigenvalue weighted by molar-refractivity contribution is 0.152. The van der Waals surface area contributed by atoms with Gasteiger partial charge in [0.15, 0.2) is 0 Å². The molecule has 2 aliphatic carbocycles. The molecule has 2 heteroatoms. The zero-order valence-electron chi connectivity index (χ0n) is 13.6. The first-order valence-corrected chi connectivity index (χ1v) is 8.69. The summed E-state index contributed by atoms with van der Waals surface area (Å²) in [6, 6.07) is 9.40. The highest BCUT2D eigenvalue weighted by molar-refractivity contribution is 5.43. The third-order valence-corrected chi connectivity index (χ3v) is 5.95. The van der Waals surface area contributed by atoms with E-state index in [9.17, 15) is 0 Å². The van der Waals surface area contributed by atoms with E-state index in [4.69, 9.17) is 5.73 Å². The fraction of sp³-hybridized carbons (Fsp3) is 0.684. The Labute approximate surface area is 129 Å². The summed E-state index contributed by atoms with van der Waals surface area (Å²) in [7, 11) is 2.34. The van der Waals surface area contributed by atoms with Crippen LogP contribution in [-0.4, -0.2) is 24.5 Å². The Bertz CT molecular complexity index is 453.